The minimum atomic E-state index is -1.13. The largest absolute Gasteiger partial charge is 3.00 e. The number of carbonyl (C=O) groups excluding carboxylic acids is 6. The molecule has 1 radical (unpaired) electrons. The van der Waals surface area contributed by atoms with Crippen molar-refractivity contribution in [2.45, 2.75) is 0 Å². The van der Waals surface area contributed by atoms with Crippen molar-refractivity contribution in [1.29, 1.82) is 0 Å². The van der Waals surface area contributed by atoms with Gasteiger partial charge in [0.15, 0.2) is 0 Å². The van der Waals surface area contributed by atoms with Gasteiger partial charge in [0.2, 0.25) is 0 Å². The number of carbonyl (C=O) groups is 6. The number of rotatable bonds is 3. The Morgan fingerprint density at radius 1 is 0.412 bits per heavy atom. The maximum atomic E-state index is 10.1. The number of carboxylic acids is 3. The van der Waals surface area contributed by atoms with E-state index in [-0.39, 0.29) is 34.1 Å². The molecular weight excluding hydrogens is 484 g/mol. The van der Waals surface area contributed by atoms with Crippen molar-refractivity contribution < 1.29 is 61.4 Å². The van der Waals surface area contributed by atoms with Crippen LogP contribution in [0.15, 0.2) is 91.0 Å². The molecule has 0 N–H and O–H groups in total. The van der Waals surface area contributed by atoms with Gasteiger partial charge in [-0.1, -0.05) is 91.0 Å². The third-order valence-corrected chi connectivity index (χ3v) is 3.03. The van der Waals surface area contributed by atoms with Crippen LogP contribution in [0.2, 0.25) is 0 Å². The molecule has 0 aliphatic rings. The number of hydrogen-bond acceptors (Lipinski definition) is 9. The van der Waals surface area contributed by atoms with Crippen LogP contribution in [-0.2, 0) is 31.7 Å². The molecule has 0 amide bonds. The Balaban J connectivity index is -0.000000176. The normalized spacial score (nSPS) is 7.41. The first-order chi connectivity index (χ1) is 15.9. The van der Waals surface area contributed by atoms with E-state index in [0.29, 0.717) is 0 Å². The summed E-state index contributed by atoms with van der Waals surface area (Å²) in [6.45, 7) is 6.00. The van der Waals surface area contributed by atoms with E-state index in [1.165, 1.54) is 36.4 Å². The van der Waals surface area contributed by atoms with E-state index in [0.717, 1.165) is 0 Å². The molecule has 34 heavy (non-hydrogen) atoms. The van der Waals surface area contributed by atoms with Crippen LogP contribution in [0.1, 0.15) is 31.1 Å². The van der Waals surface area contributed by atoms with Crippen molar-refractivity contribution >= 4 is 38.3 Å². The molecular formula is C24H21CrO9. The van der Waals surface area contributed by atoms with Crippen molar-refractivity contribution in [1.82, 2.24) is 0 Å². The first-order valence-corrected chi connectivity index (χ1v) is 8.57. The summed E-state index contributed by atoms with van der Waals surface area (Å²) in [6.07, 6.45) is 0. The van der Waals surface area contributed by atoms with Gasteiger partial charge in [-0.3, -0.25) is 0 Å². The third kappa shape index (κ3) is 19.6. The van der Waals surface area contributed by atoms with Gasteiger partial charge in [-0.15, -0.1) is 0 Å². The molecule has 0 saturated heterocycles. The predicted octanol–water partition coefficient (Wildman–Crippen LogP) is -0.407. The number of hydrogen-bond donors (Lipinski definition) is 0. The Bertz CT molecular complexity index is 783. The minimum absolute atomic E-state index is 0. The fraction of sp³-hybridized carbons (Fsp3) is 0. The second-order valence-electron chi connectivity index (χ2n) is 4.96. The number of carboxylic acid groups (broad SMARTS) is 3. The zero-order chi connectivity index (χ0) is 26.1. The van der Waals surface area contributed by atoms with Gasteiger partial charge in [0.05, 0.1) is 17.9 Å². The van der Waals surface area contributed by atoms with Crippen LogP contribution in [0.3, 0.4) is 0 Å². The molecule has 0 atom stereocenters. The smallest absolute Gasteiger partial charge is 0.545 e. The zero-order valence-electron chi connectivity index (χ0n) is 17.9. The number of benzene rings is 3. The molecule has 3 rings (SSSR count). The van der Waals surface area contributed by atoms with E-state index in [1.54, 1.807) is 54.6 Å². The first kappa shape index (κ1) is 37.0. The summed E-state index contributed by atoms with van der Waals surface area (Å²) in [5.41, 5.74) is 0.660. The Morgan fingerprint density at radius 3 is 0.647 bits per heavy atom. The van der Waals surface area contributed by atoms with Crippen LogP contribution in [0, 0.1) is 0 Å². The second-order valence-corrected chi connectivity index (χ2v) is 4.96. The predicted molar refractivity (Wildman–Crippen MR) is 114 cm³/mol. The van der Waals surface area contributed by atoms with Gasteiger partial charge in [0.1, 0.15) is 20.4 Å². The van der Waals surface area contributed by atoms with Crippen molar-refractivity contribution in [3.8, 4) is 0 Å². The molecule has 0 bridgehead atoms. The molecule has 177 valence electrons. The molecule has 3 aromatic rings. The molecule has 0 saturated carbocycles. The summed E-state index contributed by atoms with van der Waals surface area (Å²) in [5, 5.41) is 30.3. The molecule has 0 aliphatic heterocycles. The Hall–Kier alpha value is -4.39. The van der Waals surface area contributed by atoms with Gasteiger partial charge in [0.25, 0.3) is 0 Å². The molecule has 9 nitrogen and oxygen atoms in total. The van der Waals surface area contributed by atoms with Crippen LogP contribution < -0.4 is 15.3 Å². The van der Waals surface area contributed by atoms with Gasteiger partial charge < -0.3 is 44.1 Å². The first-order valence-electron chi connectivity index (χ1n) is 8.57. The van der Waals surface area contributed by atoms with Crippen LogP contribution in [0.25, 0.3) is 0 Å². The summed E-state index contributed by atoms with van der Waals surface area (Å²) < 4.78 is 0. The van der Waals surface area contributed by atoms with Crippen LogP contribution in [0.5, 0.6) is 0 Å². The van der Waals surface area contributed by atoms with E-state index < -0.39 is 17.9 Å². The number of aromatic carboxylic acids is 3. The summed E-state index contributed by atoms with van der Waals surface area (Å²) in [4.78, 5) is 54.3. The molecule has 0 heterocycles. The Kier molecular flexibility index (Phi) is 29.0. The Labute approximate surface area is 207 Å². The summed E-state index contributed by atoms with van der Waals surface area (Å²) in [7, 11) is 0. The summed E-state index contributed by atoms with van der Waals surface area (Å²) in [6, 6.07) is 24.2. The van der Waals surface area contributed by atoms with Crippen LogP contribution >= 0.6 is 0 Å². The monoisotopic (exact) mass is 505 g/mol. The third-order valence-electron chi connectivity index (χ3n) is 3.03. The molecule has 0 aliphatic carbocycles. The van der Waals surface area contributed by atoms with Crippen molar-refractivity contribution in [2.75, 3.05) is 0 Å². The van der Waals surface area contributed by atoms with E-state index >= 15 is 0 Å². The van der Waals surface area contributed by atoms with E-state index in [2.05, 4.69) is 0 Å². The summed E-state index contributed by atoms with van der Waals surface area (Å²) in [5.74, 6) is -3.39. The Morgan fingerprint density at radius 2 is 0.559 bits per heavy atom. The van der Waals surface area contributed by atoms with Gasteiger partial charge in [-0.05, 0) is 16.7 Å². The fourth-order valence-corrected chi connectivity index (χ4v) is 1.72. The van der Waals surface area contributed by atoms with Gasteiger partial charge in [0, 0.05) is 0 Å². The topological polar surface area (TPSA) is 172 Å². The van der Waals surface area contributed by atoms with E-state index in [4.69, 9.17) is 14.4 Å². The quantitative estimate of drug-likeness (QED) is 0.459. The molecule has 3 aromatic carbocycles. The molecule has 10 heteroatoms. The fourth-order valence-electron chi connectivity index (χ4n) is 1.72. The average Bonchev–Trinajstić information content (AvgIpc) is 2.90. The van der Waals surface area contributed by atoms with Gasteiger partial charge in [-0.25, -0.2) is 0 Å². The SMILES string of the molecule is C=O.C=O.C=O.O=C([O-])c1ccccc1.O=C([O-])c1ccccc1.O=C([O-])c1ccccc1.[Cr+3]. The van der Waals surface area contributed by atoms with Gasteiger partial charge in [-0.2, -0.15) is 0 Å². The van der Waals surface area contributed by atoms with Crippen LogP contribution in [-0.4, -0.2) is 38.3 Å². The molecule has 0 fully saturated rings. The van der Waals surface area contributed by atoms with Crippen molar-refractivity contribution in [2.24, 2.45) is 0 Å². The van der Waals surface area contributed by atoms with E-state index in [1.807, 2.05) is 20.4 Å². The zero-order valence-corrected chi connectivity index (χ0v) is 19.1. The second kappa shape index (κ2) is 26.6. The van der Waals surface area contributed by atoms with Crippen molar-refractivity contribution in [3.05, 3.63) is 108 Å². The maximum Gasteiger partial charge on any atom is 3.00 e. The van der Waals surface area contributed by atoms with Crippen molar-refractivity contribution in [3.63, 3.8) is 0 Å². The average molecular weight is 505 g/mol. The molecule has 0 unspecified atom stereocenters. The minimum Gasteiger partial charge on any atom is -0.545 e. The molecule has 0 spiro atoms. The van der Waals surface area contributed by atoms with E-state index in [9.17, 15) is 29.7 Å². The maximum absolute atomic E-state index is 10.1. The standard InChI is InChI=1S/3C7H6O2.3CH2O.Cr/c3*8-7(9)6-4-2-1-3-5-6;3*1-2;/h3*1-5H,(H,8,9);3*1H2;/q;;;;;;+3/p-3. The molecule has 0 aromatic heterocycles. The summed E-state index contributed by atoms with van der Waals surface area (Å²) >= 11 is 0. The van der Waals surface area contributed by atoms with Gasteiger partial charge >= 0.3 is 17.4 Å². The van der Waals surface area contributed by atoms with Crippen LogP contribution in [0.4, 0.5) is 0 Å².